The minimum Gasteiger partial charge on any atom is -0.234 e. The van der Waals surface area contributed by atoms with Gasteiger partial charge in [0.1, 0.15) is 11.0 Å². The van der Waals surface area contributed by atoms with E-state index in [1.807, 2.05) is 46.8 Å². The summed E-state index contributed by atoms with van der Waals surface area (Å²) in [6, 6.07) is 6.09. The Balaban J connectivity index is 2.64. The van der Waals surface area contributed by atoms with Crippen LogP contribution >= 0.6 is 11.6 Å². The summed E-state index contributed by atoms with van der Waals surface area (Å²) < 4.78 is 15.8. The molecule has 0 aliphatic carbocycles. The van der Waals surface area contributed by atoms with Crippen molar-refractivity contribution in [3.63, 3.8) is 0 Å². The van der Waals surface area contributed by atoms with Crippen LogP contribution in [-0.2, 0) is 17.4 Å². The molecule has 1 unspecified atom stereocenters. The Kier molecular flexibility index (Phi) is 5.75. The van der Waals surface area contributed by atoms with Crippen molar-refractivity contribution >= 4 is 28.3 Å². The molecular formula is C15H22ClNOS. The van der Waals surface area contributed by atoms with Crippen LogP contribution in [0.1, 0.15) is 45.2 Å². The Morgan fingerprint density at radius 2 is 2.00 bits per heavy atom. The second kappa shape index (κ2) is 6.67. The van der Waals surface area contributed by atoms with Crippen LogP contribution in [0.5, 0.6) is 0 Å². The van der Waals surface area contributed by atoms with E-state index in [0.29, 0.717) is 0 Å². The van der Waals surface area contributed by atoms with Crippen molar-refractivity contribution in [2.75, 3.05) is 0 Å². The first kappa shape index (κ1) is 16.4. The minimum atomic E-state index is -1.17. The normalized spacial score (nSPS) is 14.5. The van der Waals surface area contributed by atoms with Gasteiger partial charge < -0.3 is 0 Å². The third kappa shape index (κ3) is 5.45. The summed E-state index contributed by atoms with van der Waals surface area (Å²) in [5.41, 5.74) is 3.20. The second-order valence-corrected chi connectivity index (χ2v) is 8.08. The quantitative estimate of drug-likeness (QED) is 0.752. The molecule has 4 heteroatoms. The Morgan fingerprint density at radius 3 is 2.53 bits per heavy atom. The number of rotatable bonds is 4. The van der Waals surface area contributed by atoms with E-state index in [2.05, 4.69) is 10.5 Å². The van der Waals surface area contributed by atoms with Gasteiger partial charge in [-0.25, -0.2) is 4.21 Å². The molecule has 0 saturated carbocycles. The van der Waals surface area contributed by atoms with Gasteiger partial charge >= 0.3 is 0 Å². The third-order valence-electron chi connectivity index (χ3n) is 2.77. The molecule has 1 rings (SSSR count). The molecule has 0 heterocycles. The van der Waals surface area contributed by atoms with Gasteiger partial charge in [-0.15, -0.1) is 0 Å². The summed E-state index contributed by atoms with van der Waals surface area (Å²) in [6.45, 7) is 9.71. The molecule has 1 atom stereocenters. The maximum absolute atomic E-state index is 11.9. The van der Waals surface area contributed by atoms with E-state index < -0.39 is 11.0 Å². The number of halogens is 1. The van der Waals surface area contributed by atoms with Gasteiger partial charge in [0.2, 0.25) is 0 Å². The summed E-state index contributed by atoms with van der Waals surface area (Å²) >= 11 is 6.09. The van der Waals surface area contributed by atoms with Gasteiger partial charge in [0.15, 0.2) is 0 Å². The van der Waals surface area contributed by atoms with E-state index in [0.717, 1.165) is 29.1 Å². The highest BCUT2D eigenvalue weighted by Crippen LogP contribution is 2.18. The maximum Gasteiger partial charge on any atom is 0.144 e. The van der Waals surface area contributed by atoms with Gasteiger partial charge in [-0.1, -0.05) is 23.7 Å². The highest BCUT2D eigenvalue weighted by Gasteiger charge is 2.18. The van der Waals surface area contributed by atoms with Crippen LogP contribution in [0.3, 0.4) is 0 Å². The van der Waals surface area contributed by atoms with Gasteiger partial charge in [0, 0.05) is 10.7 Å². The van der Waals surface area contributed by atoms with Crippen LogP contribution in [0.4, 0.5) is 0 Å². The number of hydrogen-bond acceptors (Lipinski definition) is 1. The number of hydrogen-bond donors (Lipinski definition) is 0. The van der Waals surface area contributed by atoms with Crippen molar-refractivity contribution < 1.29 is 4.21 Å². The first-order valence-electron chi connectivity index (χ1n) is 6.41. The molecule has 0 spiro atoms. The molecule has 2 nitrogen and oxygen atoms in total. The summed E-state index contributed by atoms with van der Waals surface area (Å²) in [7, 11) is -1.17. The summed E-state index contributed by atoms with van der Waals surface area (Å²) in [6.07, 6.45) is 1.68. The predicted octanol–water partition coefficient (Wildman–Crippen LogP) is 4.50. The van der Waals surface area contributed by atoms with E-state index in [9.17, 15) is 4.21 Å². The van der Waals surface area contributed by atoms with Crippen molar-refractivity contribution in [1.82, 2.24) is 0 Å². The Bertz CT molecular complexity index is 503. The topological polar surface area (TPSA) is 29.4 Å². The van der Waals surface area contributed by atoms with Crippen molar-refractivity contribution in [2.45, 2.75) is 52.2 Å². The predicted molar refractivity (Wildman–Crippen MR) is 85.5 cm³/mol. The van der Waals surface area contributed by atoms with Crippen LogP contribution in [0, 0.1) is 6.92 Å². The highest BCUT2D eigenvalue weighted by molar-refractivity contribution is 7.85. The van der Waals surface area contributed by atoms with Crippen molar-refractivity contribution in [1.29, 1.82) is 0 Å². The van der Waals surface area contributed by atoms with E-state index in [-0.39, 0.29) is 4.75 Å². The summed E-state index contributed by atoms with van der Waals surface area (Å²) in [4.78, 5) is 0. The maximum atomic E-state index is 11.9. The fourth-order valence-electron chi connectivity index (χ4n) is 1.44. The molecule has 0 saturated heterocycles. The van der Waals surface area contributed by atoms with Crippen LogP contribution in [0.15, 0.2) is 22.6 Å². The Labute approximate surface area is 123 Å². The Hall–Kier alpha value is -0.670. The molecule has 0 aliphatic heterocycles. The lowest BCUT2D eigenvalue weighted by Gasteiger charge is -2.14. The van der Waals surface area contributed by atoms with Gasteiger partial charge in [-0.05, 0) is 64.7 Å². The lowest BCUT2D eigenvalue weighted by Crippen LogP contribution is -2.20. The zero-order chi connectivity index (χ0) is 14.6. The first-order chi connectivity index (χ1) is 8.70. The minimum absolute atomic E-state index is 0.297. The molecule has 106 valence electrons. The molecule has 0 bridgehead atoms. The molecule has 0 N–H and O–H groups in total. The second-order valence-electron chi connectivity index (χ2n) is 5.77. The molecular weight excluding hydrogens is 278 g/mol. The Morgan fingerprint density at radius 1 is 1.37 bits per heavy atom. The van der Waals surface area contributed by atoms with Crippen LogP contribution in [0.2, 0.25) is 5.02 Å². The molecule has 0 aromatic heterocycles. The van der Waals surface area contributed by atoms with Crippen LogP contribution in [0.25, 0.3) is 0 Å². The summed E-state index contributed by atoms with van der Waals surface area (Å²) in [5, 5.41) is 0.797. The highest BCUT2D eigenvalue weighted by atomic mass is 35.5. The van der Waals surface area contributed by atoms with E-state index in [1.54, 1.807) is 0 Å². The van der Waals surface area contributed by atoms with E-state index in [1.165, 1.54) is 5.56 Å². The van der Waals surface area contributed by atoms with Crippen molar-refractivity contribution in [2.24, 2.45) is 4.40 Å². The molecule has 0 amide bonds. The standard InChI is InChI=1S/C15H22ClNOS/c1-11-6-8-13(10-14(11)16)9-7-12(2)17-19(18)15(3,4)5/h6,8,10H,7,9H2,1-5H3. The average molecular weight is 300 g/mol. The fraction of sp³-hybridized carbons (Fsp3) is 0.533. The lowest BCUT2D eigenvalue weighted by molar-refractivity contribution is 0.650. The monoisotopic (exact) mass is 299 g/mol. The van der Waals surface area contributed by atoms with Gasteiger partial charge in [0.25, 0.3) is 0 Å². The lowest BCUT2D eigenvalue weighted by atomic mass is 10.1. The molecule has 0 fully saturated rings. The van der Waals surface area contributed by atoms with Gasteiger partial charge in [0.05, 0.1) is 4.75 Å². The number of nitrogens with zero attached hydrogens (tertiary/aromatic N) is 1. The molecule has 0 radical (unpaired) electrons. The number of aryl methyl sites for hydroxylation is 2. The largest absolute Gasteiger partial charge is 0.234 e. The SMILES string of the molecule is CC(CCc1ccc(C)c(Cl)c1)=NS(=O)C(C)(C)C. The first-order valence-corrected chi connectivity index (χ1v) is 7.90. The average Bonchev–Trinajstić information content (AvgIpc) is 2.29. The van der Waals surface area contributed by atoms with Crippen LogP contribution < -0.4 is 0 Å². The summed E-state index contributed by atoms with van der Waals surface area (Å²) in [5.74, 6) is 0. The van der Waals surface area contributed by atoms with Gasteiger partial charge in [-0.3, -0.25) is 0 Å². The van der Waals surface area contributed by atoms with Crippen molar-refractivity contribution in [3.8, 4) is 0 Å². The zero-order valence-electron chi connectivity index (χ0n) is 12.3. The fourth-order valence-corrected chi connectivity index (χ4v) is 2.29. The zero-order valence-corrected chi connectivity index (χ0v) is 13.9. The third-order valence-corrected chi connectivity index (χ3v) is 4.71. The smallest absolute Gasteiger partial charge is 0.144 e. The number of benzene rings is 1. The molecule has 0 aliphatic rings. The molecule has 1 aromatic carbocycles. The van der Waals surface area contributed by atoms with Crippen molar-refractivity contribution in [3.05, 3.63) is 34.3 Å². The van der Waals surface area contributed by atoms with Gasteiger partial charge in [-0.2, -0.15) is 4.40 Å². The molecule has 1 aromatic rings. The molecule has 19 heavy (non-hydrogen) atoms. The van der Waals surface area contributed by atoms with Crippen LogP contribution in [-0.4, -0.2) is 14.7 Å². The van der Waals surface area contributed by atoms with E-state index >= 15 is 0 Å². The van der Waals surface area contributed by atoms with E-state index in [4.69, 9.17) is 11.6 Å².